The van der Waals surface area contributed by atoms with Crippen LogP contribution < -0.4 is 5.32 Å². The van der Waals surface area contributed by atoms with Gasteiger partial charge in [0.2, 0.25) is 0 Å². The summed E-state index contributed by atoms with van der Waals surface area (Å²) in [5.74, 6) is 1.73. The number of thioether (sulfide) groups is 2. The van der Waals surface area contributed by atoms with Gasteiger partial charge in [-0.2, -0.15) is 11.8 Å². The van der Waals surface area contributed by atoms with E-state index in [9.17, 15) is 0 Å². The highest BCUT2D eigenvalue weighted by Gasteiger charge is 2.29. The lowest BCUT2D eigenvalue weighted by Crippen LogP contribution is -2.21. The van der Waals surface area contributed by atoms with Crippen molar-refractivity contribution in [3.05, 3.63) is 15.6 Å². The van der Waals surface area contributed by atoms with Crippen LogP contribution >= 0.6 is 34.9 Å². The van der Waals surface area contributed by atoms with Gasteiger partial charge in [-0.1, -0.05) is 27.7 Å². The summed E-state index contributed by atoms with van der Waals surface area (Å²) in [5, 5.41) is 6.69. The van der Waals surface area contributed by atoms with E-state index in [-0.39, 0.29) is 0 Å². The fourth-order valence-electron chi connectivity index (χ4n) is 2.17. The number of thiazole rings is 1. The van der Waals surface area contributed by atoms with E-state index in [4.69, 9.17) is 4.98 Å². The maximum Gasteiger partial charge on any atom is 0.107 e. The zero-order chi connectivity index (χ0) is 14.0. The predicted octanol–water partition coefficient (Wildman–Crippen LogP) is 4.28. The Morgan fingerprint density at radius 1 is 1.32 bits per heavy atom. The number of nitrogens with zero attached hydrogens (tertiary/aromatic N) is 1. The van der Waals surface area contributed by atoms with Crippen molar-refractivity contribution in [2.75, 3.05) is 12.8 Å². The van der Waals surface area contributed by atoms with Crippen LogP contribution in [0.2, 0.25) is 0 Å². The SMILES string of the molecule is CNCc1sc(C2CSC(C)C(C)S2)nc1C(C)C. The summed E-state index contributed by atoms with van der Waals surface area (Å²) in [6.45, 7) is 10.1. The van der Waals surface area contributed by atoms with Crippen molar-refractivity contribution >= 4 is 34.9 Å². The summed E-state index contributed by atoms with van der Waals surface area (Å²) in [6.07, 6.45) is 0. The first-order valence-corrected chi connectivity index (χ1v) is 9.74. The average Bonchev–Trinajstić information content (AvgIpc) is 2.77. The Morgan fingerprint density at radius 2 is 2.05 bits per heavy atom. The third-order valence-corrected chi connectivity index (χ3v) is 8.19. The van der Waals surface area contributed by atoms with E-state index in [1.807, 2.05) is 18.4 Å². The zero-order valence-electron chi connectivity index (χ0n) is 12.4. The molecular formula is C14H24N2S3. The molecule has 0 spiro atoms. The molecule has 1 aromatic rings. The topological polar surface area (TPSA) is 24.9 Å². The smallest absolute Gasteiger partial charge is 0.107 e. The summed E-state index contributed by atoms with van der Waals surface area (Å²) in [4.78, 5) is 6.38. The molecule has 1 aromatic heterocycles. The van der Waals surface area contributed by atoms with Gasteiger partial charge in [-0.05, 0) is 13.0 Å². The molecule has 1 saturated heterocycles. The first kappa shape index (κ1) is 15.7. The molecule has 1 aliphatic heterocycles. The van der Waals surface area contributed by atoms with Crippen molar-refractivity contribution in [3.63, 3.8) is 0 Å². The van der Waals surface area contributed by atoms with Gasteiger partial charge in [0.15, 0.2) is 0 Å². The van der Waals surface area contributed by atoms with E-state index in [0.717, 1.165) is 17.0 Å². The molecule has 2 heterocycles. The number of nitrogens with one attached hydrogen (secondary N) is 1. The van der Waals surface area contributed by atoms with Crippen LogP contribution in [-0.2, 0) is 6.54 Å². The Bertz CT molecular complexity index is 417. The molecule has 3 unspecified atom stereocenters. The second-order valence-corrected chi connectivity index (χ2v) is 9.52. The minimum absolute atomic E-state index is 0.519. The fourth-order valence-corrected chi connectivity index (χ4v) is 6.60. The molecule has 1 fully saturated rings. The summed E-state index contributed by atoms with van der Waals surface area (Å²) in [6, 6.07) is 0. The van der Waals surface area contributed by atoms with Gasteiger partial charge in [0, 0.05) is 27.7 Å². The molecule has 0 bridgehead atoms. The highest BCUT2D eigenvalue weighted by molar-refractivity contribution is 8.07. The van der Waals surface area contributed by atoms with Gasteiger partial charge in [0.25, 0.3) is 0 Å². The van der Waals surface area contributed by atoms with Gasteiger partial charge in [-0.25, -0.2) is 4.98 Å². The van der Waals surface area contributed by atoms with Crippen molar-refractivity contribution in [3.8, 4) is 0 Å². The quantitative estimate of drug-likeness (QED) is 0.896. The Hall–Kier alpha value is 0.290. The molecule has 19 heavy (non-hydrogen) atoms. The van der Waals surface area contributed by atoms with Gasteiger partial charge in [0.1, 0.15) is 5.01 Å². The molecule has 0 amide bonds. The third kappa shape index (κ3) is 3.69. The van der Waals surface area contributed by atoms with E-state index < -0.39 is 0 Å². The monoisotopic (exact) mass is 316 g/mol. The highest BCUT2D eigenvalue weighted by atomic mass is 32.2. The molecule has 0 radical (unpaired) electrons. The summed E-state index contributed by atoms with van der Waals surface area (Å²) in [7, 11) is 2.01. The van der Waals surface area contributed by atoms with Gasteiger partial charge in [-0.3, -0.25) is 0 Å². The van der Waals surface area contributed by atoms with Crippen LogP contribution in [-0.4, -0.2) is 28.3 Å². The molecule has 0 aromatic carbocycles. The Labute approximate surface area is 129 Å². The Morgan fingerprint density at radius 3 is 2.63 bits per heavy atom. The second-order valence-electron chi connectivity index (χ2n) is 5.41. The van der Waals surface area contributed by atoms with Gasteiger partial charge in [0.05, 0.1) is 10.9 Å². The molecule has 1 N–H and O–H groups in total. The molecule has 5 heteroatoms. The lowest BCUT2D eigenvalue weighted by Gasteiger charge is -2.30. The van der Waals surface area contributed by atoms with Crippen molar-refractivity contribution in [2.24, 2.45) is 0 Å². The van der Waals surface area contributed by atoms with Gasteiger partial charge < -0.3 is 5.32 Å². The molecular weight excluding hydrogens is 292 g/mol. The molecule has 0 saturated carbocycles. The average molecular weight is 317 g/mol. The Balaban J connectivity index is 2.18. The molecule has 108 valence electrons. The molecule has 0 aliphatic carbocycles. The van der Waals surface area contributed by atoms with Crippen LogP contribution in [0.15, 0.2) is 0 Å². The summed E-state index contributed by atoms with van der Waals surface area (Å²) in [5.41, 5.74) is 1.30. The van der Waals surface area contributed by atoms with E-state index in [0.29, 0.717) is 11.2 Å². The van der Waals surface area contributed by atoms with Crippen LogP contribution in [0, 0.1) is 0 Å². The highest BCUT2D eigenvalue weighted by Crippen LogP contribution is 2.46. The van der Waals surface area contributed by atoms with Crippen molar-refractivity contribution in [2.45, 2.75) is 55.9 Å². The van der Waals surface area contributed by atoms with E-state index in [1.165, 1.54) is 21.3 Å². The van der Waals surface area contributed by atoms with Crippen molar-refractivity contribution < 1.29 is 0 Å². The maximum absolute atomic E-state index is 4.96. The summed E-state index contributed by atoms with van der Waals surface area (Å²) < 4.78 is 0. The van der Waals surface area contributed by atoms with Crippen molar-refractivity contribution in [1.29, 1.82) is 0 Å². The van der Waals surface area contributed by atoms with Crippen molar-refractivity contribution in [1.82, 2.24) is 10.3 Å². The Kier molecular flexibility index (Phi) is 5.64. The number of rotatable bonds is 4. The predicted molar refractivity (Wildman–Crippen MR) is 90.7 cm³/mol. The third-order valence-electron chi connectivity index (χ3n) is 3.45. The van der Waals surface area contributed by atoms with E-state index >= 15 is 0 Å². The minimum Gasteiger partial charge on any atom is -0.315 e. The maximum atomic E-state index is 4.96. The minimum atomic E-state index is 0.519. The standard InChI is InChI=1S/C14H24N2S3/c1-8(2)13-11(6-15-5)19-14(16-13)12-7-17-9(3)10(4)18-12/h8-10,12,15H,6-7H2,1-5H3. The van der Waals surface area contributed by atoms with Crippen LogP contribution in [0.1, 0.15) is 54.4 Å². The number of aromatic nitrogens is 1. The van der Waals surface area contributed by atoms with E-state index in [1.54, 1.807) is 0 Å². The lowest BCUT2D eigenvalue weighted by atomic mass is 10.1. The molecule has 3 atom stereocenters. The van der Waals surface area contributed by atoms with E-state index in [2.05, 4.69) is 56.5 Å². The largest absolute Gasteiger partial charge is 0.315 e. The fraction of sp³-hybridized carbons (Fsp3) is 0.786. The number of hydrogen-bond donors (Lipinski definition) is 1. The molecule has 2 rings (SSSR count). The molecule has 1 aliphatic rings. The van der Waals surface area contributed by atoms with Gasteiger partial charge in [-0.15, -0.1) is 23.1 Å². The first-order chi connectivity index (χ1) is 9.02. The lowest BCUT2D eigenvalue weighted by molar-refractivity contribution is 0.766. The molecule has 2 nitrogen and oxygen atoms in total. The summed E-state index contributed by atoms with van der Waals surface area (Å²) >= 11 is 6.12. The number of hydrogen-bond acceptors (Lipinski definition) is 5. The van der Waals surface area contributed by atoms with Crippen LogP contribution in [0.3, 0.4) is 0 Å². The van der Waals surface area contributed by atoms with Crippen LogP contribution in [0.5, 0.6) is 0 Å². The zero-order valence-corrected chi connectivity index (χ0v) is 14.8. The first-order valence-electron chi connectivity index (χ1n) is 6.94. The van der Waals surface area contributed by atoms with Crippen LogP contribution in [0.4, 0.5) is 0 Å². The normalized spacial score (nSPS) is 28.0. The second kappa shape index (κ2) is 6.83. The van der Waals surface area contributed by atoms with Gasteiger partial charge >= 0.3 is 0 Å². The van der Waals surface area contributed by atoms with Crippen LogP contribution in [0.25, 0.3) is 0 Å².